The van der Waals surface area contributed by atoms with Gasteiger partial charge in [-0.1, -0.05) is 42.0 Å². The number of imidazole rings is 1. The average Bonchev–Trinajstić information content (AvgIpc) is 3.23. The SMILES string of the molecule is COc1ccccc1NC(=O)c1csc2nc(-c3ccc(C)cc3)cn12. The monoisotopic (exact) mass is 363 g/mol. The van der Waals surface area contributed by atoms with Crippen molar-refractivity contribution in [3.8, 4) is 17.0 Å². The summed E-state index contributed by atoms with van der Waals surface area (Å²) in [7, 11) is 1.58. The third-order valence-electron chi connectivity index (χ3n) is 4.14. The Hall–Kier alpha value is -3.12. The van der Waals surface area contributed by atoms with Gasteiger partial charge >= 0.3 is 0 Å². The van der Waals surface area contributed by atoms with Crippen LogP contribution in [-0.2, 0) is 0 Å². The molecule has 0 fully saturated rings. The number of benzene rings is 2. The molecule has 0 aliphatic rings. The maximum absolute atomic E-state index is 12.7. The molecule has 1 N–H and O–H groups in total. The molecule has 0 aliphatic heterocycles. The minimum atomic E-state index is -0.200. The van der Waals surface area contributed by atoms with E-state index < -0.39 is 0 Å². The van der Waals surface area contributed by atoms with Gasteiger partial charge in [-0.25, -0.2) is 4.98 Å². The standard InChI is InChI=1S/C20H17N3O2S/c1-13-7-9-14(10-8-13)16-11-23-17(12-26-20(23)22-16)19(24)21-15-5-3-4-6-18(15)25-2/h3-12H,1-2H3,(H,21,24). The molecule has 26 heavy (non-hydrogen) atoms. The first kappa shape index (κ1) is 16.4. The lowest BCUT2D eigenvalue weighted by Crippen LogP contribution is -2.14. The van der Waals surface area contributed by atoms with E-state index in [0.717, 1.165) is 16.2 Å². The van der Waals surface area contributed by atoms with Crippen molar-refractivity contribution in [3.63, 3.8) is 0 Å². The van der Waals surface area contributed by atoms with Crippen LogP contribution in [0, 0.1) is 6.92 Å². The van der Waals surface area contributed by atoms with E-state index in [4.69, 9.17) is 4.74 Å². The van der Waals surface area contributed by atoms with Crippen molar-refractivity contribution in [2.45, 2.75) is 6.92 Å². The summed E-state index contributed by atoms with van der Waals surface area (Å²) in [6, 6.07) is 15.5. The molecule has 0 aliphatic carbocycles. The molecule has 2 heterocycles. The second-order valence-electron chi connectivity index (χ2n) is 5.92. The topological polar surface area (TPSA) is 55.6 Å². The van der Waals surface area contributed by atoms with Crippen molar-refractivity contribution >= 4 is 27.9 Å². The van der Waals surface area contributed by atoms with Crippen LogP contribution in [0.3, 0.4) is 0 Å². The molecule has 2 aromatic carbocycles. The van der Waals surface area contributed by atoms with E-state index in [1.54, 1.807) is 7.11 Å². The molecule has 5 nitrogen and oxygen atoms in total. The maximum atomic E-state index is 12.7. The van der Waals surface area contributed by atoms with Crippen LogP contribution in [0.25, 0.3) is 16.2 Å². The minimum Gasteiger partial charge on any atom is -0.495 e. The fourth-order valence-electron chi connectivity index (χ4n) is 2.74. The maximum Gasteiger partial charge on any atom is 0.273 e. The number of aromatic nitrogens is 2. The molecular formula is C20H17N3O2S. The van der Waals surface area contributed by atoms with Crippen LogP contribution >= 0.6 is 11.3 Å². The summed E-state index contributed by atoms with van der Waals surface area (Å²) < 4.78 is 7.12. The molecule has 0 saturated carbocycles. The second-order valence-corrected chi connectivity index (χ2v) is 6.76. The van der Waals surface area contributed by atoms with Gasteiger partial charge in [0.1, 0.15) is 11.4 Å². The largest absolute Gasteiger partial charge is 0.495 e. The Bertz CT molecular complexity index is 1080. The van der Waals surface area contributed by atoms with Crippen LogP contribution in [0.1, 0.15) is 16.1 Å². The van der Waals surface area contributed by atoms with Crippen molar-refractivity contribution in [2.24, 2.45) is 0 Å². The predicted octanol–water partition coefficient (Wildman–Crippen LogP) is 4.63. The van der Waals surface area contributed by atoms with E-state index in [-0.39, 0.29) is 5.91 Å². The Morgan fingerprint density at radius 3 is 2.69 bits per heavy atom. The fraction of sp³-hybridized carbons (Fsp3) is 0.100. The molecule has 2 aromatic heterocycles. The number of nitrogens with zero attached hydrogens (tertiary/aromatic N) is 2. The van der Waals surface area contributed by atoms with E-state index in [9.17, 15) is 4.79 Å². The highest BCUT2D eigenvalue weighted by Gasteiger charge is 2.16. The number of methoxy groups -OCH3 is 1. The van der Waals surface area contributed by atoms with Crippen molar-refractivity contribution in [1.29, 1.82) is 0 Å². The van der Waals surface area contributed by atoms with Crippen LogP contribution in [0.5, 0.6) is 5.75 Å². The number of fused-ring (bicyclic) bond motifs is 1. The number of amides is 1. The lowest BCUT2D eigenvalue weighted by Gasteiger charge is -2.09. The van der Waals surface area contributed by atoms with Gasteiger partial charge in [0.25, 0.3) is 5.91 Å². The number of carbonyl (C=O) groups excluding carboxylic acids is 1. The molecular weight excluding hydrogens is 346 g/mol. The molecule has 0 radical (unpaired) electrons. The Morgan fingerprint density at radius 1 is 1.15 bits per heavy atom. The zero-order valence-corrected chi connectivity index (χ0v) is 15.2. The Morgan fingerprint density at radius 2 is 1.92 bits per heavy atom. The smallest absolute Gasteiger partial charge is 0.273 e. The summed E-state index contributed by atoms with van der Waals surface area (Å²) >= 11 is 1.44. The van der Waals surface area contributed by atoms with Gasteiger partial charge in [-0.2, -0.15) is 0 Å². The molecule has 0 atom stereocenters. The quantitative estimate of drug-likeness (QED) is 0.575. The number of nitrogens with one attached hydrogen (secondary N) is 1. The van der Waals surface area contributed by atoms with E-state index >= 15 is 0 Å². The Labute approximate surface area is 154 Å². The van der Waals surface area contributed by atoms with Crippen molar-refractivity contribution in [3.05, 3.63) is 71.4 Å². The Kier molecular flexibility index (Phi) is 4.18. The Balaban J connectivity index is 1.66. The van der Waals surface area contributed by atoms with Crippen molar-refractivity contribution < 1.29 is 9.53 Å². The van der Waals surface area contributed by atoms with E-state index in [0.29, 0.717) is 17.1 Å². The average molecular weight is 363 g/mol. The highest BCUT2D eigenvalue weighted by atomic mass is 32.1. The zero-order chi connectivity index (χ0) is 18.1. The van der Waals surface area contributed by atoms with E-state index in [1.165, 1.54) is 16.9 Å². The van der Waals surface area contributed by atoms with Gasteiger partial charge in [0.15, 0.2) is 4.96 Å². The number of para-hydroxylation sites is 2. The molecule has 6 heteroatoms. The highest BCUT2D eigenvalue weighted by Crippen LogP contribution is 2.26. The lowest BCUT2D eigenvalue weighted by atomic mass is 10.1. The number of anilines is 1. The van der Waals surface area contributed by atoms with Gasteiger partial charge in [-0.05, 0) is 19.1 Å². The van der Waals surface area contributed by atoms with Crippen LogP contribution in [0.15, 0.2) is 60.1 Å². The summed E-state index contributed by atoms with van der Waals surface area (Å²) in [6.45, 7) is 2.05. The molecule has 4 aromatic rings. The first-order chi connectivity index (χ1) is 12.7. The zero-order valence-electron chi connectivity index (χ0n) is 14.4. The predicted molar refractivity (Wildman–Crippen MR) is 104 cm³/mol. The highest BCUT2D eigenvalue weighted by molar-refractivity contribution is 7.15. The van der Waals surface area contributed by atoms with E-state index in [1.807, 2.05) is 52.4 Å². The van der Waals surface area contributed by atoms with Crippen LogP contribution in [0.2, 0.25) is 0 Å². The van der Waals surface area contributed by atoms with Crippen LogP contribution < -0.4 is 10.1 Å². The normalized spacial score (nSPS) is 10.8. The molecule has 1 amide bonds. The minimum absolute atomic E-state index is 0.200. The summed E-state index contributed by atoms with van der Waals surface area (Å²) in [5.74, 6) is 0.423. The summed E-state index contributed by atoms with van der Waals surface area (Å²) in [6.07, 6.45) is 1.90. The number of ether oxygens (including phenoxy) is 1. The number of hydrogen-bond acceptors (Lipinski definition) is 4. The summed E-state index contributed by atoms with van der Waals surface area (Å²) in [5.41, 5.74) is 4.26. The molecule has 0 unspecified atom stereocenters. The summed E-state index contributed by atoms with van der Waals surface area (Å²) in [4.78, 5) is 18.2. The lowest BCUT2D eigenvalue weighted by molar-refractivity contribution is 0.102. The van der Waals surface area contributed by atoms with Gasteiger partial charge < -0.3 is 10.1 Å². The number of aryl methyl sites for hydroxylation is 1. The number of rotatable bonds is 4. The molecule has 0 bridgehead atoms. The first-order valence-corrected chi connectivity index (χ1v) is 9.01. The summed E-state index contributed by atoms with van der Waals surface area (Å²) in [5, 5.41) is 4.72. The van der Waals surface area contributed by atoms with Crippen molar-refractivity contribution in [1.82, 2.24) is 9.38 Å². The fourth-order valence-corrected chi connectivity index (χ4v) is 3.60. The third-order valence-corrected chi connectivity index (χ3v) is 4.98. The van der Waals surface area contributed by atoms with Crippen LogP contribution in [-0.4, -0.2) is 22.4 Å². The van der Waals surface area contributed by atoms with Crippen molar-refractivity contribution in [2.75, 3.05) is 12.4 Å². The van der Waals surface area contributed by atoms with Crippen LogP contribution in [0.4, 0.5) is 5.69 Å². The second kappa shape index (κ2) is 6.65. The van der Waals surface area contributed by atoms with Gasteiger partial charge in [0, 0.05) is 17.1 Å². The van der Waals surface area contributed by atoms with E-state index in [2.05, 4.69) is 29.4 Å². The van der Waals surface area contributed by atoms with Gasteiger partial charge in [-0.15, -0.1) is 11.3 Å². The molecule has 4 rings (SSSR count). The van der Waals surface area contributed by atoms with Gasteiger partial charge in [0.2, 0.25) is 0 Å². The molecule has 130 valence electrons. The number of hydrogen-bond donors (Lipinski definition) is 1. The number of thiazole rings is 1. The molecule has 0 saturated heterocycles. The van der Waals surface area contributed by atoms with Gasteiger partial charge in [0.05, 0.1) is 18.5 Å². The number of carbonyl (C=O) groups is 1. The third kappa shape index (κ3) is 2.95. The molecule has 0 spiro atoms. The first-order valence-electron chi connectivity index (χ1n) is 8.14. The van der Waals surface area contributed by atoms with Gasteiger partial charge in [-0.3, -0.25) is 9.20 Å².